The van der Waals surface area contributed by atoms with Crippen LogP contribution in [0.4, 0.5) is 10.5 Å². The molecule has 0 bridgehead atoms. The minimum absolute atomic E-state index is 0.185. The molecule has 0 unspecified atom stereocenters. The van der Waals surface area contributed by atoms with E-state index in [4.69, 9.17) is 4.74 Å². The zero-order chi connectivity index (χ0) is 19.2. The molecule has 0 aliphatic carbocycles. The van der Waals surface area contributed by atoms with E-state index in [9.17, 15) is 9.59 Å². The second-order valence-electron chi connectivity index (χ2n) is 6.90. The Bertz CT molecular complexity index is 782. The predicted molar refractivity (Wildman–Crippen MR) is 103 cm³/mol. The molecule has 0 saturated carbocycles. The van der Waals surface area contributed by atoms with Crippen molar-refractivity contribution in [2.45, 2.75) is 32.9 Å². The molecule has 0 saturated heterocycles. The molecular weight excluding hydrogens is 330 g/mol. The van der Waals surface area contributed by atoms with E-state index in [1.807, 2.05) is 45.0 Å². The summed E-state index contributed by atoms with van der Waals surface area (Å²) in [4.78, 5) is 24.4. The molecule has 0 atom stereocenters. The van der Waals surface area contributed by atoms with Crippen LogP contribution in [-0.4, -0.2) is 24.6 Å². The summed E-state index contributed by atoms with van der Waals surface area (Å²) in [5.74, 6) is 0.532. The largest absolute Gasteiger partial charge is 0.496 e. The Morgan fingerprint density at radius 2 is 1.77 bits per heavy atom. The topological polar surface area (TPSA) is 79.5 Å². The van der Waals surface area contributed by atoms with Crippen LogP contribution in [0.3, 0.4) is 0 Å². The lowest BCUT2D eigenvalue weighted by Crippen LogP contribution is -2.40. The van der Waals surface area contributed by atoms with E-state index in [-0.39, 0.29) is 17.5 Å². The van der Waals surface area contributed by atoms with Gasteiger partial charge in [0.25, 0.3) is 5.91 Å². The van der Waals surface area contributed by atoms with Gasteiger partial charge in [0.1, 0.15) is 5.75 Å². The third-order valence-corrected chi connectivity index (χ3v) is 3.50. The fraction of sp³-hybridized carbons (Fsp3) is 0.300. The number of benzene rings is 2. The van der Waals surface area contributed by atoms with Crippen molar-refractivity contribution in [3.63, 3.8) is 0 Å². The van der Waals surface area contributed by atoms with Crippen molar-refractivity contribution in [2.24, 2.45) is 0 Å². The Balaban J connectivity index is 1.97. The number of carbonyl (C=O) groups excluding carboxylic acids is 2. The van der Waals surface area contributed by atoms with E-state index in [0.29, 0.717) is 23.5 Å². The Hall–Kier alpha value is -3.02. The summed E-state index contributed by atoms with van der Waals surface area (Å²) < 4.78 is 5.26. The van der Waals surface area contributed by atoms with E-state index >= 15 is 0 Å². The average Bonchev–Trinajstić information content (AvgIpc) is 2.59. The average molecular weight is 355 g/mol. The van der Waals surface area contributed by atoms with E-state index in [0.717, 1.165) is 5.56 Å². The molecule has 3 N–H and O–H groups in total. The van der Waals surface area contributed by atoms with E-state index in [2.05, 4.69) is 16.0 Å². The molecule has 0 aromatic heterocycles. The number of urea groups is 1. The van der Waals surface area contributed by atoms with Crippen LogP contribution < -0.4 is 20.7 Å². The van der Waals surface area contributed by atoms with Gasteiger partial charge in [0.15, 0.2) is 0 Å². The lowest BCUT2D eigenvalue weighted by atomic mass is 10.1. The molecule has 0 radical (unpaired) electrons. The van der Waals surface area contributed by atoms with Crippen LogP contribution >= 0.6 is 0 Å². The number of carbonyl (C=O) groups is 2. The molecule has 0 fully saturated rings. The van der Waals surface area contributed by atoms with Gasteiger partial charge in [0.2, 0.25) is 0 Å². The molecule has 3 amide bonds. The molecule has 0 aliphatic rings. The Morgan fingerprint density at radius 3 is 2.46 bits per heavy atom. The van der Waals surface area contributed by atoms with Gasteiger partial charge in [-0.3, -0.25) is 4.79 Å². The summed E-state index contributed by atoms with van der Waals surface area (Å²) in [5.41, 5.74) is 1.59. The van der Waals surface area contributed by atoms with Crippen molar-refractivity contribution in [1.29, 1.82) is 0 Å². The van der Waals surface area contributed by atoms with Gasteiger partial charge in [-0.1, -0.05) is 24.3 Å². The number of methoxy groups -OCH3 is 1. The number of anilines is 1. The molecule has 0 heterocycles. The monoisotopic (exact) mass is 355 g/mol. The van der Waals surface area contributed by atoms with Crippen LogP contribution in [-0.2, 0) is 6.54 Å². The molecular formula is C20H25N3O3. The first kappa shape index (κ1) is 19.3. The van der Waals surface area contributed by atoms with Crippen LogP contribution in [0.2, 0.25) is 0 Å². The smallest absolute Gasteiger partial charge is 0.319 e. The van der Waals surface area contributed by atoms with Crippen molar-refractivity contribution < 1.29 is 14.3 Å². The van der Waals surface area contributed by atoms with Crippen LogP contribution in [0.5, 0.6) is 5.75 Å². The lowest BCUT2D eigenvalue weighted by molar-refractivity contribution is 0.0919. The summed E-state index contributed by atoms with van der Waals surface area (Å²) in [6.45, 7) is 6.08. The summed E-state index contributed by atoms with van der Waals surface area (Å²) in [6, 6.07) is 13.9. The number of hydrogen-bond donors (Lipinski definition) is 3. The highest BCUT2D eigenvalue weighted by atomic mass is 16.5. The minimum atomic E-state index is -0.357. The fourth-order valence-corrected chi connectivity index (χ4v) is 2.35. The van der Waals surface area contributed by atoms with Crippen molar-refractivity contribution >= 4 is 17.6 Å². The van der Waals surface area contributed by atoms with Gasteiger partial charge in [-0.15, -0.1) is 0 Å². The summed E-state index contributed by atoms with van der Waals surface area (Å²) in [7, 11) is 1.59. The predicted octanol–water partition coefficient (Wildman–Crippen LogP) is 3.55. The van der Waals surface area contributed by atoms with Crippen molar-refractivity contribution in [1.82, 2.24) is 10.6 Å². The third-order valence-electron chi connectivity index (χ3n) is 3.50. The van der Waals surface area contributed by atoms with Crippen LogP contribution in [0.15, 0.2) is 48.5 Å². The number of rotatable bonds is 5. The van der Waals surface area contributed by atoms with Gasteiger partial charge in [-0.2, -0.15) is 0 Å². The van der Waals surface area contributed by atoms with Crippen molar-refractivity contribution in [2.75, 3.05) is 12.4 Å². The highest BCUT2D eigenvalue weighted by molar-refractivity contribution is 5.97. The molecule has 2 aromatic carbocycles. The number of hydrogen-bond acceptors (Lipinski definition) is 3. The van der Waals surface area contributed by atoms with Crippen LogP contribution in [0.1, 0.15) is 36.7 Å². The minimum Gasteiger partial charge on any atom is -0.496 e. The van der Waals surface area contributed by atoms with Crippen LogP contribution in [0, 0.1) is 0 Å². The molecule has 6 nitrogen and oxygen atoms in total. The lowest BCUT2D eigenvalue weighted by Gasteiger charge is -2.20. The number of ether oxygens (including phenoxy) is 1. The van der Waals surface area contributed by atoms with Gasteiger partial charge in [0.05, 0.1) is 7.11 Å². The van der Waals surface area contributed by atoms with Gasteiger partial charge in [0, 0.05) is 28.9 Å². The Kier molecular flexibility index (Phi) is 6.22. The van der Waals surface area contributed by atoms with Gasteiger partial charge >= 0.3 is 6.03 Å². The molecule has 0 aliphatic heterocycles. The zero-order valence-electron chi connectivity index (χ0n) is 15.6. The molecule has 138 valence electrons. The number of para-hydroxylation sites is 1. The standard InChI is InChI=1S/C20H25N3O3/c1-20(2,3)23-18(24)14-9-7-10-16(12-14)22-19(25)21-13-15-8-5-6-11-17(15)26-4/h5-12H,13H2,1-4H3,(H,23,24)(H2,21,22,25). The first-order chi connectivity index (χ1) is 12.3. The highest BCUT2D eigenvalue weighted by Crippen LogP contribution is 2.17. The Morgan fingerprint density at radius 1 is 1.04 bits per heavy atom. The first-order valence-corrected chi connectivity index (χ1v) is 8.38. The number of amides is 3. The Labute approximate surface area is 153 Å². The molecule has 6 heteroatoms. The highest BCUT2D eigenvalue weighted by Gasteiger charge is 2.15. The van der Waals surface area contributed by atoms with Crippen LogP contribution in [0.25, 0.3) is 0 Å². The third kappa shape index (κ3) is 5.81. The van der Waals surface area contributed by atoms with Crippen molar-refractivity contribution in [3.05, 3.63) is 59.7 Å². The van der Waals surface area contributed by atoms with Gasteiger partial charge in [-0.05, 0) is 45.0 Å². The van der Waals surface area contributed by atoms with E-state index in [1.165, 1.54) is 0 Å². The van der Waals surface area contributed by atoms with Gasteiger partial charge < -0.3 is 20.7 Å². The number of nitrogens with one attached hydrogen (secondary N) is 3. The summed E-state index contributed by atoms with van der Waals surface area (Å²) in [5, 5.41) is 8.41. The molecule has 0 spiro atoms. The molecule has 26 heavy (non-hydrogen) atoms. The maximum atomic E-state index is 12.2. The van der Waals surface area contributed by atoms with Crippen molar-refractivity contribution in [3.8, 4) is 5.75 Å². The zero-order valence-corrected chi connectivity index (χ0v) is 15.6. The maximum Gasteiger partial charge on any atom is 0.319 e. The second-order valence-corrected chi connectivity index (χ2v) is 6.90. The fourth-order valence-electron chi connectivity index (χ4n) is 2.35. The summed E-state index contributed by atoms with van der Waals surface area (Å²) in [6.07, 6.45) is 0. The SMILES string of the molecule is COc1ccccc1CNC(=O)Nc1cccc(C(=O)NC(C)(C)C)c1. The first-order valence-electron chi connectivity index (χ1n) is 8.38. The quantitative estimate of drug-likeness (QED) is 0.767. The second kappa shape index (κ2) is 8.38. The maximum absolute atomic E-state index is 12.2. The molecule has 2 rings (SSSR count). The molecule has 2 aromatic rings. The normalized spacial score (nSPS) is 10.8. The summed E-state index contributed by atoms with van der Waals surface area (Å²) >= 11 is 0. The van der Waals surface area contributed by atoms with E-state index in [1.54, 1.807) is 31.4 Å². The van der Waals surface area contributed by atoms with Gasteiger partial charge in [-0.25, -0.2) is 4.79 Å². The van der Waals surface area contributed by atoms with E-state index < -0.39 is 0 Å².